The number of rotatable bonds is 4. The van der Waals surface area contributed by atoms with E-state index in [9.17, 15) is 4.79 Å². The lowest BCUT2D eigenvalue weighted by Gasteiger charge is -2.02. The van der Waals surface area contributed by atoms with Crippen LogP contribution < -0.4 is 4.74 Å². The second-order valence-corrected chi connectivity index (χ2v) is 3.35. The first kappa shape index (κ1) is 11.1. The van der Waals surface area contributed by atoms with Crippen LogP contribution in [0.5, 0.6) is 5.75 Å². The first-order valence-electron chi connectivity index (χ1n) is 4.90. The van der Waals surface area contributed by atoms with Crippen LogP contribution in [0.3, 0.4) is 0 Å². The second kappa shape index (κ2) is 4.65. The zero-order valence-electron chi connectivity index (χ0n) is 9.08. The van der Waals surface area contributed by atoms with Crippen molar-refractivity contribution >= 4 is 5.97 Å². The molecule has 0 aliphatic rings. The van der Waals surface area contributed by atoms with Gasteiger partial charge in [-0.1, -0.05) is 5.16 Å². The van der Waals surface area contributed by atoms with Gasteiger partial charge in [0, 0.05) is 6.92 Å². The number of carboxylic acids is 1. The highest BCUT2D eigenvalue weighted by Gasteiger charge is 2.05. The topological polar surface area (TPSA) is 85.5 Å². The molecule has 1 N–H and O–H groups in total. The van der Waals surface area contributed by atoms with Crippen molar-refractivity contribution in [3.8, 4) is 5.75 Å². The third-order valence-electron chi connectivity index (χ3n) is 2.04. The number of hydrogen-bond donors (Lipinski definition) is 1. The summed E-state index contributed by atoms with van der Waals surface area (Å²) < 4.78 is 10.1. The zero-order chi connectivity index (χ0) is 12.3. The largest absolute Gasteiger partial charge is 0.485 e. The van der Waals surface area contributed by atoms with Gasteiger partial charge < -0.3 is 14.4 Å². The van der Waals surface area contributed by atoms with Crippen LogP contribution >= 0.6 is 0 Å². The number of hydrogen-bond acceptors (Lipinski definition) is 5. The summed E-state index contributed by atoms with van der Waals surface area (Å²) in [5.74, 6) is 0.512. The highest BCUT2D eigenvalue weighted by Crippen LogP contribution is 2.13. The lowest BCUT2D eigenvalue weighted by Crippen LogP contribution is -1.99. The van der Waals surface area contributed by atoms with Gasteiger partial charge in [-0.25, -0.2) is 4.79 Å². The normalized spacial score (nSPS) is 10.2. The molecule has 17 heavy (non-hydrogen) atoms. The smallest absolute Gasteiger partial charge is 0.335 e. The fraction of sp³-hybridized carbons (Fsp3) is 0.182. The Bertz CT molecular complexity index is 519. The van der Waals surface area contributed by atoms with Crippen LogP contribution in [-0.2, 0) is 6.61 Å². The number of aromatic carboxylic acids is 1. The number of aryl methyl sites for hydroxylation is 1. The van der Waals surface area contributed by atoms with Crippen molar-refractivity contribution in [3.05, 3.63) is 41.5 Å². The minimum absolute atomic E-state index is 0.184. The maximum absolute atomic E-state index is 10.6. The Morgan fingerprint density at radius 2 is 2.12 bits per heavy atom. The van der Waals surface area contributed by atoms with Crippen LogP contribution in [0.4, 0.5) is 0 Å². The van der Waals surface area contributed by atoms with Gasteiger partial charge in [0.1, 0.15) is 5.75 Å². The molecule has 1 heterocycles. The summed E-state index contributed by atoms with van der Waals surface area (Å²) in [5, 5.41) is 12.4. The summed E-state index contributed by atoms with van der Waals surface area (Å²) >= 11 is 0. The molecule has 88 valence electrons. The zero-order valence-corrected chi connectivity index (χ0v) is 9.08. The molecule has 0 unspecified atom stereocenters. The Morgan fingerprint density at radius 3 is 2.65 bits per heavy atom. The van der Waals surface area contributed by atoms with Crippen molar-refractivity contribution < 1.29 is 19.2 Å². The monoisotopic (exact) mass is 234 g/mol. The third kappa shape index (κ3) is 2.81. The highest BCUT2D eigenvalue weighted by atomic mass is 16.5. The molecule has 0 aliphatic heterocycles. The average Bonchev–Trinajstić information content (AvgIpc) is 2.73. The van der Waals surface area contributed by atoms with Crippen LogP contribution in [-0.4, -0.2) is 21.2 Å². The van der Waals surface area contributed by atoms with E-state index in [2.05, 4.69) is 10.1 Å². The molecule has 1 aromatic carbocycles. The molecule has 0 saturated carbocycles. The minimum atomic E-state index is -0.967. The molecule has 0 amide bonds. The number of aromatic nitrogens is 2. The van der Waals surface area contributed by atoms with Crippen LogP contribution in [0.1, 0.15) is 22.1 Å². The average molecular weight is 234 g/mol. The van der Waals surface area contributed by atoms with E-state index in [0.717, 1.165) is 0 Å². The molecule has 0 fully saturated rings. The molecule has 0 bridgehead atoms. The van der Waals surface area contributed by atoms with Crippen LogP contribution in [0.25, 0.3) is 0 Å². The maximum atomic E-state index is 10.6. The molecule has 0 spiro atoms. The Kier molecular flexibility index (Phi) is 3.04. The van der Waals surface area contributed by atoms with Crippen molar-refractivity contribution in [2.75, 3.05) is 0 Å². The minimum Gasteiger partial charge on any atom is -0.485 e. The molecule has 0 aliphatic carbocycles. The quantitative estimate of drug-likeness (QED) is 0.865. The third-order valence-corrected chi connectivity index (χ3v) is 2.04. The summed E-state index contributed by atoms with van der Waals surface area (Å²) in [4.78, 5) is 14.6. The molecule has 2 aromatic rings. The number of benzene rings is 1. The van der Waals surface area contributed by atoms with Crippen molar-refractivity contribution in [2.24, 2.45) is 0 Å². The summed E-state index contributed by atoms with van der Waals surface area (Å²) in [5.41, 5.74) is 0.216. The Hall–Kier alpha value is -2.37. The molecule has 1 aromatic heterocycles. The van der Waals surface area contributed by atoms with Gasteiger partial charge in [0.2, 0.25) is 11.7 Å². The van der Waals surface area contributed by atoms with E-state index in [0.29, 0.717) is 17.5 Å². The standard InChI is InChI=1S/C11H10N2O4/c1-7-12-10(13-17-7)6-16-9-4-2-8(3-5-9)11(14)15/h2-5H,6H2,1H3,(H,14,15). The molecular weight excluding hydrogens is 224 g/mol. The summed E-state index contributed by atoms with van der Waals surface area (Å²) in [6.07, 6.45) is 0. The van der Waals surface area contributed by atoms with E-state index in [1.807, 2.05) is 0 Å². The van der Waals surface area contributed by atoms with Crippen LogP contribution in [0.2, 0.25) is 0 Å². The predicted molar refractivity (Wildman–Crippen MR) is 56.8 cm³/mol. The fourth-order valence-corrected chi connectivity index (χ4v) is 1.24. The molecule has 6 heteroatoms. The number of ether oxygens (including phenoxy) is 1. The van der Waals surface area contributed by atoms with Gasteiger partial charge in [-0.2, -0.15) is 4.98 Å². The van der Waals surface area contributed by atoms with Gasteiger partial charge in [0.05, 0.1) is 5.56 Å². The number of carbonyl (C=O) groups is 1. The maximum Gasteiger partial charge on any atom is 0.335 e. The fourth-order valence-electron chi connectivity index (χ4n) is 1.24. The lowest BCUT2D eigenvalue weighted by molar-refractivity contribution is 0.0697. The number of nitrogens with zero attached hydrogens (tertiary/aromatic N) is 2. The molecule has 0 radical (unpaired) electrons. The van der Waals surface area contributed by atoms with Crippen LogP contribution in [0.15, 0.2) is 28.8 Å². The van der Waals surface area contributed by atoms with Crippen molar-refractivity contribution in [3.63, 3.8) is 0 Å². The molecule has 6 nitrogen and oxygen atoms in total. The first-order chi connectivity index (χ1) is 8.15. The van der Waals surface area contributed by atoms with Gasteiger partial charge in [-0.3, -0.25) is 0 Å². The van der Waals surface area contributed by atoms with Gasteiger partial charge in [0.25, 0.3) is 0 Å². The molecular formula is C11H10N2O4. The second-order valence-electron chi connectivity index (χ2n) is 3.35. The summed E-state index contributed by atoms with van der Waals surface area (Å²) in [6, 6.07) is 6.10. The van der Waals surface area contributed by atoms with Gasteiger partial charge in [-0.15, -0.1) is 0 Å². The van der Waals surface area contributed by atoms with Crippen molar-refractivity contribution in [2.45, 2.75) is 13.5 Å². The summed E-state index contributed by atoms with van der Waals surface area (Å²) in [6.45, 7) is 1.88. The SMILES string of the molecule is Cc1nc(COc2ccc(C(=O)O)cc2)no1. The van der Waals surface area contributed by atoms with Gasteiger partial charge in [-0.05, 0) is 24.3 Å². The van der Waals surface area contributed by atoms with Crippen molar-refractivity contribution in [1.29, 1.82) is 0 Å². The summed E-state index contributed by atoms with van der Waals surface area (Å²) in [7, 11) is 0. The molecule has 0 atom stereocenters. The first-order valence-corrected chi connectivity index (χ1v) is 4.90. The van der Waals surface area contributed by atoms with E-state index in [1.54, 1.807) is 19.1 Å². The lowest BCUT2D eigenvalue weighted by atomic mass is 10.2. The van der Waals surface area contributed by atoms with Gasteiger partial charge in [0.15, 0.2) is 6.61 Å². The van der Waals surface area contributed by atoms with E-state index < -0.39 is 5.97 Å². The Morgan fingerprint density at radius 1 is 1.41 bits per heavy atom. The van der Waals surface area contributed by atoms with Crippen LogP contribution in [0, 0.1) is 6.92 Å². The van der Waals surface area contributed by atoms with E-state index in [4.69, 9.17) is 14.4 Å². The van der Waals surface area contributed by atoms with E-state index in [-0.39, 0.29) is 12.2 Å². The Balaban J connectivity index is 1.97. The Labute approximate surface area is 96.8 Å². The van der Waals surface area contributed by atoms with E-state index in [1.165, 1.54) is 12.1 Å². The van der Waals surface area contributed by atoms with Crippen molar-refractivity contribution in [1.82, 2.24) is 10.1 Å². The van der Waals surface area contributed by atoms with E-state index >= 15 is 0 Å². The molecule has 0 saturated heterocycles. The number of carboxylic acid groups (broad SMARTS) is 1. The molecule has 2 rings (SSSR count). The highest BCUT2D eigenvalue weighted by molar-refractivity contribution is 5.87. The van der Waals surface area contributed by atoms with Gasteiger partial charge >= 0.3 is 5.97 Å². The predicted octanol–water partition coefficient (Wildman–Crippen LogP) is 1.66.